The number of benzene rings is 1. The largest absolute Gasteiger partial charge is 0.494 e. The third-order valence-electron chi connectivity index (χ3n) is 2.62. The van der Waals surface area contributed by atoms with Crippen LogP contribution in [0.3, 0.4) is 0 Å². The van der Waals surface area contributed by atoms with Gasteiger partial charge in [-0.15, -0.1) is 11.3 Å². The molecule has 0 saturated carbocycles. The van der Waals surface area contributed by atoms with Crippen molar-refractivity contribution in [1.82, 2.24) is 4.98 Å². The van der Waals surface area contributed by atoms with Crippen molar-refractivity contribution in [1.29, 1.82) is 0 Å². The molecule has 1 atom stereocenters. The number of ether oxygens (including phenoxy) is 1. The van der Waals surface area contributed by atoms with E-state index in [1.165, 1.54) is 23.5 Å². The van der Waals surface area contributed by atoms with Crippen LogP contribution < -0.4 is 10.1 Å². The third kappa shape index (κ3) is 3.45. The van der Waals surface area contributed by atoms with E-state index in [9.17, 15) is 10.1 Å². The molecule has 1 aromatic heterocycles. The van der Waals surface area contributed by atoms with Gasteiger partial charge in [0, 0.05) is 29.4 Å². The minimum atomic E-state index is -0.429. The predicted octanol–water partition coefficient (Wildman–Crippen LogP) is 3.62. The fraction of sp³-hybridized carbons (Fsp3) is 0.308. The van der Waals surface area contributed by atoms with Gasteiger partial charge in [0.05, 0.1) is 23.6 Å². The Labute approximate surface area is 120 Å². The molecular formula is C13H15N3O3S. The smallest absolute Gasteiger partial charge is 0.275 e. The second-order valence-corrected chi connectivity index (χ2v) is 5.07. The summed E-state index contributed by atoms with van der Waals surface area (Å²) in [6.07, 6.45) is 1.73. The highest BCUT2D eigenvalue weighted by Crippen LogP contribution is 2.29. The van der Waals surface area contributed by atoms with E-state index in [0.717, 1.165) is 5.01 Å². The Bertz CT molecular complexity index is 587. The van der Waals surface area contributed by atoms with E-state index < -0.39 is 4.92 Å². The van der Waals surface area contributed by atoms with Crippen molar-refractivity contribution in [3.05, 3.63) is 44.9 Å². The molecule has 1 unspecified atom stereocenters. The van der Waals surface area contributed by atoms with Crippen molar-refractivity contribution >= 4 is 22.7 Å². The van der Waals surface area contributed by atoms with Crippen LogP contribution in [-0.4, -0.2) is 16.5 Å². The first-order chi connectivity index (χ1) is 9.60. The number of aromatic nitrogens is 1. The zero-order chi connectivity index (χ0) is 14.5. The van der Waals surface area contributed by atoms with E-state index in [4.69, 9.17) is 4.74 Å². The van der Waals surface area contributed by atoms with E-state index in [2.05, 4.69) is 10.3 Å². The van der Waals surface area contributed by atoms with Gasteiger partial charge in [-0.25, -0.2) is 4.98 Å². The van der Waals surface area contributed by atoms with E-state index >= 15 is 0 Å². The summed E-state index contributed by atoms with van der Waals surface area (Å²) in [5, 5.41) is 17.0. The topological polar surface area (TPSA) is 77.3 Å². The van der Waals surface area contributed by atoms with Crippen molar-refractivity contribution < 1.29 is 9.66 Å². The Morgan fingerprint density at radius 2 is 2.30 bits per heavy atom. The number of nitro groups is 1. The highest BCUT2D eigenvalue weighted by atomic mass is 32.1. The number of rotatable bonds is 6. The van der Waals surface area contributed by atoms with Crippen LogP contribution in [0.1, 0.15) is 24.9 Å². The first-order valence-electron chi connectivity index (χ1n) is 6.18. The molecule has 1 heterocycles. The summed E-state index contributed by atoms with van der Waals surface area (Å²) in [6.45, 7) is 4.25. The lowest BCUT2D eigenvalue weighted by Gasteiger charge is -2.13. The maximum absolute atomic E-state index is 10.9. The summed E-state index contributed by atoms with van der Waals surface area (Å²) in [4.78, 5) is 14.7. The number of nitro benzene ring substituents is 1. The molecule has 0 amide bonds. The first-order valence-corrected chi connectivity index (χ1v) is 7.06. The molecule has 0 aliphatic rings. The molecule has 2 aromatic rings. The van der Waals surface area contributed by atoms with Gasteiger partial charge in [0.2, 0.25) is 0 Å². The predicted molar refractivity (Wildman–Crippen MR) is 78.4 cm³/mol. The molecular weight excluding hydrogens is 278 g/mol. The van der Waals surface area contributed by atoms with E-state index in [0.29, 0.717) is 18.0 Å². The van der Waals surface area contributed by atoms with Crippen LogP contribution in [-0.2, 0) is 0 Å². The Morgan fingerprint density at radius 1 is 1.50 bits per heavy atom. The van der Waals surface area contributed by atoms with Crippen LogP contribution >= 0.6 is 11.3 Å². The highest BCUT2D eigenvalue weighted by Gasteiger charge is 2.13. The minimum Gasteiger partial charge on any atom is -0.494 e. The molecule has 0 bridgehead atoms. The second-order valence-electron chi connectivity index (χ2n) is 4.14. The van der Waals surface area contributed by atoms with Gasteiger partial charge in [0.15, 0.2) is 0 Å². The second kappa shape index (κ2) is 6.33. The molecule has 20 heavy (non-hydrogen) atoms. The van der Waals surface area contributed by atoms with Crippen LogP contribution in [0.15, 0.2) is 29.8 Å². The van der Waals surface area contributed by atoms with Gasteiger partial charge >= 0.3 is 0 Å². The lowest BCUT2D eigenvalue weighted by atomic mass is 10.2. The Balaban J connectivity index is 2.23. The van der Waals surface area contributed by atoms with Crippen LogP contribution in [0.4, 0.5) is 11.4 Å². The van der Waals surface area contributed by atoms with Gasteiger partial charge < -0.3 is 10.1 Å². The van der Waals surface area contributed by atoms with E-state index in [1.807, 2.05) is 19.2 Å². The lowest BCUT2D eigenvalue weighted by Crippen LogP contribution is -2.07. The fourth-order valence-electron chi connectivity index (χ4n) is 1.78. The lowest BCUT2D eigenvalue weighted by molar-refractivity contribution is -0.384. The van der Waals surface area contributed by atoms with Gasteiger partial charge in [-0.05, 0) is 13.8 Å². The molecule has 7 heteroatoms. The van der Waals surface area contributed by atoms with Gasteiger partial charge in [0.1, 0.15) is 10.8 Å². The SMILES string of the molecule is CCOc1cc(NC(C)c2nccs2)cc([N+](=O)[O-])c1. The number of non-ortho nitro benzene ring substituents is 1. The summed E-state index contributed by atoms with van der Waals surface area (Å²) in [7, 11) is 0. The zero-order valence-electron chi connectivity index (χ0n) is 11.2. The maximum Gasteiger partial charge on any atom is 0.275 e. The standard InChI is InChI=1S/C13H15N3O3S/c1-3-19-12-7-10(6-11(8-12)16(17)18)15-9(2)13-14-4-5-20-13/h4-9,15H,3H2,1-2H3. The summed E-state index contributed by atoms with van der Waals surface area (Å²) < 4.78 is 5.35. The van der Waals surface area contributed by atoms with Crippen molar-refractivity contribution in [2.75, 3.05) is 11.9 Å². The Kier molecular flexibility index (Phi) is 4.52. The first kappa shape index (κ1) is 14.3. The molecule has 6 nitrogen and oxygen atoms in total. The summed E-state index contributed by atoms with van der Waals surface area (Å²) in [5.74, 6) is 0.482. The minimum absolute atomic E-state index is 0.00443. The molecule has 106 valence electrons. The monoisotopic (exact) mass is 293 g/mol. The molecule has 0 aliphatic heterocycles. The average Bonchev–Trinajstić information content (AvgIpc) is 2.92. The Morgan fingerprint density at radius 3 is 2.90 bits per heavy atom. The molecule has 2 rings (SSSR count). The van der Waals surface area contributed by atoms with Crippen molar-refractivity contribution in [3.63, 3.8) is 0 Å². The number of hydrogen-bond donors (Lipinski definition) is 1. The quantitative estimate of drug-likeness (QED) is 0.650. The summed E-state index contributed by atoms with van der Waals surface area (Å²) in [6, 6.07) is 4.64. The highest BCUT2D eigenvalue weighted by molar-refractivity contribution is 7.09. The van der Waals surface area contributed by atoms with Crippen LogP contribution in [0.2, 0.25) is 0 Å². The fourth-order valence-corrected chi connectivity index (χ4v) is 2.43. The average molecular weight is 293 g/mol. The number of nitrogens with one attached hydrogen (secondary N) is 1. The molecule has 1 aromatic carbocycles. The molecule has 1 N–H and O–H groups in total. The number of nitrogens with zero attached hydrogens (tertiary/aromatic N) is 2. The molecule has 0 radical (unpaired) electrons. The number of anilines is 1. The number of hydrogen-bond acceptors (Lipinski definition) is 6. The Hall–Kier alpha value is -2.15. The van der Waals surface area contributed by atoms with E-state index in [1.54, 1.807) is 12.3 Å². The number of thiazole rings is 1. The van der Waals surface area contributed by atoms with Crippen molar-refractivity contribution in [3.8, 4) is 5.75 Å². The van der Waals surface area contributed by atoms with Gasteiger partial charge in [0.25, 0.3) is 5.69 Å². The van der Waals surface area contributed by atoms with Gasteiger partial charge in [-0.3, -0.25) is 10.1 Å². The van der Waals surface area contributed by atoms with Crippen LogP contribution in [0.25, 0.3) is 0 Å². The van der Waals surface area contributed by atoms with Crippen molar-refractivity contribution in [2.24, 2.45) is 0 Å². The normalized spacial score (nSPS) is 11.9. The summed E-state index contributed by atoms with van der Waals surface area (Å²) in [5.41, 5.74) is 0.648. The summed E-state index contributed by atoms with van der Waals surface area (Å²) >= 11 is 1.54. The maximum atomic E-state index is 10.9. The van der Waals surface area contributed by atoms with Crippen LogP contribution in [0.5, 0.6) is 5.75 Å². The zero-order valence-corrected chi connectivity index (χ0v) is 12.0. The van der Waals surface area contributed by atoms with Crippen molar-refractivity contribution in [2.45, 2.75) is 19.9 Å². The molecule has 0 saturated heterocycles. The van der Waals surface area contributed by atoms with E-state index in [-0.39, 0.29) is 11.7 Å². The van der Waals surface area contributed by atoms with Gasteiger partial charge in [-0.2, -0.15) is 0 Å². The molecule has 0 fully saturated rings. The molecule has 0 aliphatic carbocycles. The van der Waals surface area contributed by atoms with Gasteiger partial charge in [-0.1, -0.05) is 0 Å². The molecule has 0 spiro atoms. The van der Waals surface area contributed by atoms with Crippen LogP contribution in [0, 0.1) is 10.1 Å². The third-order valence-corrected chi connectivity index (χ3v) is 3.58.